The number of rotatable bonds is 3. The molecule has 0 saturated carbocycles. The average Bonchev–Trinajstić information content (AvgIpc) is 2.32. The number of benzene rings is 1. The Balaban J connectivity index is 2.10. The molecule has 1 aliphatic heterocycles. The fourth-order valence-corrected chi connectivity index (χ4v) is 2.70. The van der Waals surface area contributed by atoms with Crippen molar-refractivity contribution in [2.24, 2.45) is 0 Å². The van der Waals surface area contributed by atoms with Crippen molar-refractivity contribution in [3.05, 3.63) is 29.0 Å². The van der Waals surface area contributed by atoms with E-state index in [1.165, 1.54) is 6.07 Å². The number of halogens is 2. The third-order valence-corrected chi connectivity index (χ3v) is 3.47. The lowest BCUT2D eigenvalue weighted by Crippen LogP contribution is -2.48. The third-order valence-electron chi connectivity index (χ3n) is 3.24. The molecule has 100 valence electrons. The number of piperidine rings is 1. The first-order valence-electron chi connectivity index (χ1n) is 6.52. The Morgan fingerprint density at radius 3 is 2.94 bits per heavy atom. The molecule has 2 rings (SSSR count). The van der Waals surface area contributed by atoms with Crippen LogP contribution in [0.15, 0.2) is 18.2 Å². The van der Waals surface area contributed by atoms with Gasteiger partial charge in [-0.1, -0.05) is 25.4 Å². The van der Waals surface area contributed by atoms with Gasteiger partial charge in [0, 0.05) is 30.2 Å². The SMILES string of the molecule is CC(C)NC1CCCN(c2cc(Cl)ccc2F)C1. The average molecular weight is 271 g/mol. The van der Waals surface area contributed by atoms with Crippen molar-refractivity contribution >= 4 is 17.3 Å². The molecule has 1 fully saturated rings. The van der Waals surface area contributed by atoms with E-state index in [4.69, 9.17) is 11.6 Å². The second kappa shape index (κ2) is 5.89. The molecule has 0 radical (unpaired) electrons. The van der Waals surface area contributed by atoms with E-state index < -0.39 is 0 Å². The largest absolute Gasteiger partial charge is 0.368 e. The van der Waals surface area contributed by atoms with Gasteiger partial charge >= 0.3 is 0 Å². The maximum absolute atomic E-state index is 13.8. The lowest BCUT2D eigenvalue weighted by Gasteiger charge is -2.36. The Morgan fingerprint density at radius 2 is 2.22 bits per heavy atom. The number of nitrogens with one attached hydrogen (secondary N) is 1. The monoisotopic (exact) mass is 270 g/mol. The molecule has 1 atom stereocenters. The van der Waals surface area contributed by atoms with Gasteiger partial charge in [0.05, 0.1) is 5.69 Å². The van der Waals surface area contributed by atoms with Crippen molar-refractivity contribution < 1.29 is 4.39 Å². The van der Waals surface area contributed by atoms with Gasteiger partial charge in [0.25, 0.3) is 0 Å². The molecule has 0 amide bonds. The molecule has 18 heavy (non-hydrogen) atoms. The van der Waals surface area contributed by atoms with Crippen LogP contribution >= 0.6 is 11.6 Å². The standard InChI is InChI=1S/C14H20ClFN2/c1-10(2)17-12-4-3-7-18(9-12)14-8-11(15)5-6-13(14)16/h5-6,8,10,12,17H,3-4,7,9H2,1-2H3. The molecule has 0 bridgehead atoms. The first kappa shape index (κ1) is 13.6. The second-order valence-electron chi connectivity index (χ2n) is 5.20. The summed E-state index contributed by atoms with van der Waals surface area (Å²) in [5.41, 5.74) is 0.623. The van der Waals surface area contributed by atoms with Crippen LogP contribution in [0.3, 0.4) is 0 Å². The maximum atomic E-state index is 13.8. The van der Waals surface area contributed by atoms with E-state index in [2.05, 4.69) is 24.1 Å². The van der Waals surface area contributed by atoms with Gasteiger partial charge in [0.2, 0.25) is 0 Å². The normalized spacial score (nSPS) is 20.5. The van der Waals surface area contributed by atoms with Crippen LogP contribution in [0.5, 0.6) is 0 Å². The van der Waals surface area contributed by atoms with E-state index in [0.29, 0.717) is 22.8 Å². The van der Waals surface area contributed by atoms with Crippen LogP contribution in [0.1, 0.15) is 26.7 Å². The first-order valence-corrected chi connectivity index (χ1v) is 6.90. The van der Waals surface area contributed by atoms with Crippen molar-refractivity contribution in [3.63, 3.8) is 0 Å². The van der Waals surface area contributed by atoms with Crippen molar-refractivity contribution in [3.8, 4) is 0 Å². The summed E-state index contributed by atoms with van der Waals surface area (Å²) < 4.78 is 13.8. The summed E-state index contributed by atoms with van der Waals surface area (Å²) >= 11 is 5.95. The molecule has 2 nitrogen and oxygen atoms in total. The lowest BCUT2D eigenvalue weighted by atomic mass is 10.0. The Hall–Kier alpha value is -0.800. The van der Waals surface area contributed by atoms with Crippen LogP contribution in [-0.4, -0.2) is 25.2 Å². The minimum atomic E-state index is -0.190. The molecule has 1 aliphatic rings. The lowest BCUT2D eigenvalue weighted by molar-refractivity contribution is 0.392. The van der Waals surface area contributed by atoms with Gasteiger partial charge in [-0.3, -0.25) is 0 Å². The van der Waals surface area contributed by atoms with E-state index in [9.17, 15) is 4.39 Å². The van der Waals surface area contributed by atoms with Gasteiger partial charge in [-0.15, -0.1) is 0 Å². The van der Waals surface area contributed by atoms with Gasteiger partial charge < -0.3 is 10.2 Å². The molecular formula is C14H20ClFN2. The van der Waals surface area contributed by atoms with Crippen LogP contribution in [0, 0.1) is 5.82 Å². The van der Waals surface area contributed by atoms with Crippen molar-refractivity contribution in [1.29, 1.82) is 0 Å². The number of hydrogen-bond donors (Lipinski definition) is 1. The highest BCUT2D eigenvalue weighted by Gasteiger charge is 2.22. The molecule has 0 spiro atoms. The van der Waals surface area contributed by atoms with Crippen molar-refractivity contribution in [2.75, 3.05) is 18.0 Å². The molecule has 0 aliphatic carbocycles. The van der Waals surface area contributed by atoms with Gasteiger partial charge in [0.15, 0.2) is 0 Å². The van der Waals surface area contributed by atoms with Crippen molar-refractivity contribution in [1.82, 2.24) is 5.32 Å². The van der Waals surface area contributed by atoms with E-state index in [0.717, 1.165) is 25.9 Å². The van der Waals surface area contributed by atoms with E-state index in [1.54, 1.807) is 12.1 Å². The smallest absolute Gasteiger partial charge is 0.146 e. The summed E-state index contributed by atoms with van der Waals surface area (Å²) in [5, 5.41) is 4.11. The summed E-state index contributed by atoms with van der Waals surface area (Å²) in [6.45, 7) is 6.01. The Labute approximate surface area is 113 Å². The molecule has 0 aromatic heterocycles. The molecule has 1 aromatic rings. The van der Waals surface area contributed by atoms with Gasteiger partial charge in [-0.05, 0) is 31.0 Å². The van der Waals surface area contributed by atoms with Crippen LogP contribution in [0.4, 0.5) is 10.1 Å². The second-order valence-corrected chi connectivity index (χ2v) is 5.64. The molecule has 4 heteroatoms. The van der Waals surface area contributed by atoms with Crippen LogP contribution < -0.4 is 10.2 Å². The first-order chi connectivity index (χ1) is 8.56. The van der Waals surface area contributed by atoms with Gasteiger partial charge in [0.1, 0.15) is 5.82 Å². The highest BCUT2D eigenvalue weighted by atomic mass is 35.5. The van der Waals surface area contributed by atoms with Crippen LogP contribution in [-0.2, 0) is 0 Å². The minimum absolute atomic E-state index is 0.190. The quantitative estimate of drug-likeness (QED) is 0.905. The number of hydrogen-bond acceptors (Lipinski definition) is 2. The molecule has 1 heterocycles. The predicted molar refractivity (Wildman–Crippen MR) is 74.9 cm³/mol. The summed E-state index contributed by atoms with van der Waals surface area (Å²) in [7, 11) is 0. The third kappa shape index (κ3) is 3.36. The highest BCUT2D eigenvalue weighted by Crippen LogP contribution is 2.26. The number of anilines is 1. The number of nitrogens with zero attached hydrogens (tertiary/aromatic N) is 1. The zero-order valence-corrected chi connectivity index (χ0v) is 11.7. The van der Waals surface area contributed by atoms with Crippen LogP contribution in [0.25, 0.3) is 0 Å². The zero-order valence-electron chi connectivity index (χ0n) is 10.9. The van der Waals surface area contributed by atoms with Crippen LogP contribution in [0.2, 0.25) is 5.02 Å². The topological polar surface area (TPSA) is 15.3 Å². The van der Waals surface area contributed by atoms with Crippen molar-refractivity contribution in [2.45, 2.75) is 38.8 Å². The minimum Gasteiger partial charge on any atom is -0.368 e. The van der Waals surface area contributed by atoms with Gasteiger partial charge in [-0.25, -0.2) is 4.39 Å². The summed E-state index contributed by atoms with van der Waals surface area (Å²) in [5.74, 6) is -0.190. The Bertz CT molecular complexity index is 409. The fraction of sp³-hybridized carbons (Fsp3) is 0.571. The van der Waals surface area contributed by atoms with Gasteiger partial charge in [-0.2, -0.15) is 0 Å². The molecule has 1 saturated heterocycles. The Morgan fingerprint density at radius 1 is 1.44 bits per heavy atom. The maximum Gasteiger partial charge on any atom is 0.146 e. The Kier molecular flexibility index (Phi) is 4.46. The molecule has 1 unspecified atom stereocenters. The highest BCUT2D eigenvalue weighted by molar-refractivity contribution is 6.30. The fourth-order valence-electron chi connectivity index (χ4n) is 2.53. The van der Waals surface area contributed by atoms with E-state index >= 15 is 0 Å². The molecular weight excluding hydrogens is 251 g/mol. The zero-order chi connectivity index (χ0) is 13.1. The summed E-state index contributed by atoms with van der Waals surface area (Å²) in [6, 6.07) is 5.64. The summed E-state index contributed by atoms with van der Waals surface area (Å²) in [4.78, 5) is 2.09. The summed E-state index contributed by atoms with van der Waals surface area (Å²) in [6.07, 6.45) is 2.23. The predicted octanol–water partition coefficient (Wildman–Crippen LogP) is 3.45. The molecule has 1 N–H and O–H groups in total. The van der Waals surface area contributed by atoms with E-state index in [-0.39, 0.29) is 5.82 Å². The van der Waals surface area contributed by atoms with E-state index in [1.807, 2.05) is 0 Å². The molecule has 1 aromatic carbocycles.